The fourth-order valence-corrected chi connectivity index (χ4v) is 5.56. The highest BCUT2D eigenvalue weighted by Gasteiger charge is 2.39. The maximum absolute atomic E-state index is 13.6. The number of sulfonamides is 1. The minimum atomic E-state index is -4.61. The van der Waals surface area contributed by atoms with Crippen LogP contribution in [0.2, 0.25) is 0 Å². The molecule has 1 aliphatic heterocycles. The summed E-state index contributed by atoms with van der Waals surface area (Å²) in [5, 5.41) is 7.65. The van der Waals surface area contributed by atoms with Gasteiger partial charge in [-0.15, -0.1) is 0 Å². The van der Waals surface area contributed by atoms with Crippen LogP contribution in [0.3, 0.4) is 0 Å². The normalized spacial score (nSPS) is 18.9. The summed E-state index contributed by atoms with van der Waals surface area (Å²) in [6.45, 7) is 3.37. The number of fused-ring (bicyclic) bond motifs is 1. The monoisotopic (exact) mass is 443 g/mol. The van der Waals surface area contributed by atoms with E-state index in [2.05, 4.69) is 15.2 Å². The van der Waals surface area contributed by atoms with Crippen LogP contribution in [0.15, 0.2) is 21.7 Å². The molecule has 0 N–H and O–H groups in total. The Hall–Kier alpha value is -2.47. The molecular formula is C18H20F3N5O3S. The van der Waals surface area contributed by atoms with Gasteiger partial charge in [0.2, 0.25) is 10.0 Å². The van der Waals surface area contributed by atoms with Gasteiger partial charge in [0.05, 0.1) is 28.5 Å². The SMILES string of the molecule is Cc1cc(C(F)(F)F)c2c([C@@H]3CCCN(S(=O)(=O)c4cnn(C)c4C)C3)noc2n1. The van der Waals surface area contributed by atoms with Crippen molar-refractivity contribution in [3.8, 4) is 0 Å². The lowest BCUT2D eigenvalue weighted by Crippen LogP contribution is -2.39. The van der Waals surface area contributed by atoms with Crippen molar-refractivity contribution in [1.29, 1.82) is 0 Å². The molecule has 1 aliphatic rings. The van der Waals surface area contributed by atoms with E-state index < -0.39 is 27.7 Å². The molecule has 0 aromatic carbocycles. The number of hydrogen-bond acceptors (Lipinski definition) is 6. The van der Waals surface area contributed by atoms with Gasteiger partial charge >= 0.3 is 6.18 Å². The molecule has 0 unspecified atom stereocenters. The van der Waals surface area contributed by atoms with Crippen molar-refractivity contribution in [1.82, 2.24) is 24.2 Å². The molecule has 12 heteroatoms. The maximum atomic E-state index is 13.6. The van der Waals surface area contributed by atoms with Crippen molar-refractivity contribution in [2.45, 2.75) is 43.7 Å². The number of piperidine rings is 1. The molecule has 0 bridgehead atoms. The zero-order valence-electron chi connectivity index (χ0n) is 16.6. The summed E-state index contributed by atoms with van der Waals surface area (Å²) in [5.74, 6) is -0.544. The predicted octanol–water partition coefficient (Wildman–Crippen LogP) is 3.16. The Labute approximate surface area is 170 Å². The second-order valence-corrected chi connectivity index (χ2v) is 9.38. The third kappa shape index (κ3) is 3.37. The molecule has 162 valence electrons. The molecular weight excluding hydrogens is 423 g/mol. The standard InChI is InChI=1S/C18H20F3N5O3S/c1-10-7-13(18(19,20)21)15-16(24-29-17(15)23-10)12-5-4-6-26(9-12)30(27,28)14-8-22-25(3)11(14)2/h7-8,12H,4-6,9H2,1-3H3/t12-/m1/s1. The van der Waals surface area contributed by atoms with Crippen molar-refractivity contribution < 1.29 is 26.1 Å². The van der Waals surface area contributed by atoms with Gasteiger partial charge < -0.3 is 4.52 Å². The van der Waals surface area contributed by atoms with Gasteiger partial charge in [0.1, 0.15) is 4.90 Å². The summed E-state index contributed by atoms with van der Waals surface area (Å²) in [6, 6.07) is 0.958. The first-order valence-corrected chi connectivity index (χ1v) is 10.8. The first-order chi connectivity index (χ1) is 14.0. The predicted molar refractivity (Wildman–Crippen MR) is 100 cm³/mol. The van der Waals surface area contributed by atoms with Crippen LogP contribution in [0, 0.1) is 13.8 Å². The zero-order chi connectivity index (χ0) is 21.8. The van der Waals surface area contributed by atoms with Crippen molar-refractivity contribution in [2.75, 3.05) is 13.1 Å². The highest BCUT2D eigenvalue weighted by Crippen LogP contribution is 2.40. The summed E-state index contributed by atoms with van der Waals surface area (Å²) in [5.41, 5.74) is -0.321. The molecule has 1 saturated heterocycles. The van der Waals surface area contributed by atoms with E-state index in [-0.39, 0.29) is 40.5 Å². The molecule has 1 fully saturated rings. The van der Waals surface area contributed by atoms with E-state index in [1.165, 1.54) is 22.1 Å². The minimum Gasteiger partial charge on any atom is -0.336 e. The average molecular weight is 443 g/mol. The fraction of sp³-hybridized carbons (Fsp3) is 0.500. The van der Waals surface area contributed by atoms with Gasteiger partial charge in [-0.2, -0.15) is 22.6 Å². The molecule has 0 radical (unpaired) electrons. The van der Waals surface area contributed by atoms with Crippen LogP contribution in [0.4, 0.5) is 13.2 Å². The number of aryl methyl sites for hydroxylation is 2. The highest BCUT2D eigenvalue weighted by molar-refractivity contribution is 7.89. The van der Waals surface area contributed by atoms with Gasteiger partial charge in [-0.3, -0.25) is 4.68 Å². The number of alkyl halides is 3. The van der Waals surface area contributed by atoms with Crippen LogP contribution < -0.4 is 0 Å². The topological polar surface area (TPSA) is 94.1 Å². The Balaban J connectivity index is 1.74. The molecule has 0 aliphatic carbocycles. The number of halogens is 3. The maximum Gasteiger partial charge on any atom is 0.417 e. The quantitative estimate of drug-likeness (QED) is 0.617. The second kappa shape index (κ2) is 7.05. The average Bonchev–Trinajstić information content (AvgIpc) is 3.24. The van der Waals surface area contributed by atoms with Crippen LogP contribution in [0.1, 0.15) is 41.4 Å². The number of nitrogens with zero attached hydrogens (tertiary/aromatic N) is 5. The van der Waals surface area contributed by atoms with Gasteiger partial charge in [-0.05, 0) is 32.8 Å². The molecule has 4 rings (SSSR count). The minimum absolute atomic E-state index is 0.00345. The van der Waals surface area contributed by atoms with E-state index in [1.807, 2.05) is 0 Å². The Bertz CT molecular complexity index is 1220. The van der Waals surface area contributed by atoms with Gasteiger partial charge in [0.25, 0.3) is 5.71 Å². The first-order valence-electron chi connectivity index (χ1n) is 9.33. The van der Waals surface area contributed by atoms with E-state index in [9.17, 15) is 21.6 Å². The van der Waals surface area contributed by atoms with E-state index in [1.54, 1.807) is 14.0 Å². The molecule has 3 aromatic rings. The highest BCUT2D eigenvalue weighted by atomic mass is 32.2. The number of pyridine rings is 1. The van der Waals surface area contributed by atoms with Gasteiger partial charge in [-0.25, -0.2) is 13.4 Å². The summed E-state index contributed by atoms with van der Waals surface area (Å²) in [4.78, 5) is 4.11. The second-order valence-electron chi connectivity index (χ2n) is 7.48. The lowest BCUT2D eigenvalue weighted by atomic mass is 9.93. The Morgan fingerprint density at radius 3 is 2.63 bits per heavy atom. The van der Waals surface area contributed by atoms with Crippen molar-refractivity contribution >= 4 is 21.1 Å². The van der Waals surface area contributed by atoms with E-state index >= 15 is 0 Å². The molecule has 0 amide bonds. The molecule has 30 heavy (non-hydrogen) atoms. The zero-order valence-corrected chi connectivity index (χ0v) is 17.4. The molecule has 4 heterocycles. The summed E-state index contributed by atoms with van der Waals surface area (Å²) >= 11 is 0. The Kier molecular flexibility index (Phi) is 4.88. The molecule has 0 spiro atoms. The summed E-state index contributed by atoms with van der Waals surface area (Å²) in [7, 11) is -2.20. The fourth-order valence-electron chi connectivity index (χ4n) is 3.85. The van der Waals surface area contributed by atoms with Crippen LogP contribution in [-0.2, 0) is 23.2 Å². The van der Waals surface area contributed by atoms with Gasteiger partial charge in [0.15, 0.2) is 0 Å². The summed E-state index contributed by atoms with van der Waals surface area (Å²) < 4.78 is 75.0. The van der Waals surface area contributed by atoms with Crippen LogP contribution in [-0.4, -0.2) is 45.7 Å². The van der Waals surface area contributed by atoms with E-state index in [4.69, 9.17) is 4.52 Å². The lowest BCUT2D eigenvalue weighted by molar-refractivity contribution is -0.136. The van der Waals surface area contributed by atoms with E-state index in [0.717, 1.165) is 6.07 Å². The molecule has 3 aromatic heterocycles. The largest absolute Gasteiger partial charge is 0.417 e. The van der Waals surface area contributed by atoms with Crippen molar-refractivity contribution in [3.63, 3.8) is 0 Å². The van der Waals surface area contributed by atoms with Gasteiger partial charge in [0, 0.05) is 31.7 Å². The third-order valence-corrected chi connectivity index (χ3v) is 7.45. The Morgan fingerprint density at radius 2 is 2.00 bits per heavy atom. The summed E-state index contributed by atoms with van der Waals surface area (Å²) in [6.07, 6.45) is -2.35. The molecule has 0 saturated carbocycles. The van der Waals surface area contributed by atoms with Gasteiger partial charge in [-0.1, -0.05) is 5.16 Å². The van der Waals surface area contributed by atoms with E-state index in [0.29, 0.717) is 18.5 Å². The van der Waals surface area contributed by atoms with Crippen LogP contribution in [0.25, 0.3) is 11.1 Å². The first kappa shape index (κ1) is 20.8. The Morgan fingerprint density at radius 1 is 1.27 bits per heavy atom. The van der Waals surface area contributed by atoms with Crippen molar-refractivity contribution in [2.24, 2.45) is 7.05 Å². The molecule has 1 atom stereocenters. The number of rotatable bonds is 3. The number of aromatic nitrogens is 4. The van der Waals surface area contributed by atoms with Crippen molar-refractivity contribution in [3.05, 3.63) is 34.9 Å². The number of hydrogen-bond donors (Lipinski definition) is 0. The third-order valence-electron chi connectivity index (χ3n) is 5.49. The van der Waals surface area contributed by atoms with Crippen LogP contribution >= 0.6 is 0 Å². The lowest BCUT2D eigenvalue weighted by Gasteiger charge is -2.31. The van der Waals surface area contributed by atoms with Crippen LogP contribution in [0.5, 0.6) is 0 Å². The smallest absolute Gasteiger partial charge is 0.336 e. The molecule has 8 nitrogen and oxygen atoms in total.